The van der Waals surface area contributed by atoms with Crippen molar-refractivity contribution >= 4 is 17.3 Å². The number of hydrogen-bond acceptors (Lipinski definition) is 2. The zero-order valence-electron chi connectivity index (χ0n) is 8.73. The third kappa shape index (κ3) is 1.48. The summed E-state index contributed by atoms with van der Waals surface area (Å²) in [7, 11) is 0. The van der Waals surface area contributed by atoms with Gasteiger partial charge in [0.25, 0.3) is 0 Å². The van der Waals surface area contributed by atoms with Gasteiger partial charge >= 0.3 is 0 Å². The van der Waals surface area contributed by atoms with Crippen LogP contribution >= 0.6 is 11.6 Å². The number of nitrogens with two attached hydrogens (primary N) is 1. The Balaban J connectivity index is 2.03. The molecule has 0 aliphatic heterocycles. The summed E-state index contributed by atoms with van der Waals surface area (Å²) in [5.74, 6) is 0. The van der Waals surface area contributed by atoms with Crippen molar-refractivity contribution in [1.29, 1.82) is 0 Å². The predicted molar refractivity (Wildman–Crippen MR) is 64.6 cm³/mol. The molecule has 3 nitrogen and oxygen atoms in total. The minimum Gasteiger partial charge on any atom is -0.396 e. The molecule has 1 atom stereocenters. The molecule has 1 aromatic heterocycles. The van der Waals surface area contributed by atoms with Gasteiger partial charge in [-0.3, -0.25) is 4.68 Å². The highest BCUT2D eigenvalue weighted by Crippen LogP contribution is 2.35. The van der Waals surface area contributed by atoms with Crippen molar-refractivity contribution in [2.45, 2.75) is 18.9 Å². The molecule has 0 saturated carbocycles. The molecule has 1 unspecified atom stereocenters. The van der Waals surface area contributed by atoms with Crippen LogP contribution in [0.15, 0.2) is 30.6 Å². The molecule has 0 fully saturated rings. The van der Waals surface area contributed by atoms with Gasteiger partial charge in [0.2, 0.25) is 0 Å². The summed E-state index contributed by atoms with van der Waals surface area (Å²) >= 11 is 5.98. The zero-order chi connectivity index (χ0) is 11.1. The number of nitrogen functional groups attached to an aromatic ring is 1. The van der Waals surface area contributed by atoms with E-state index in [-0.39, 0.29) is 0 Å². The maximum absolute atomic E-state index is 5.98. The SMILES string of the molecule is Nc1cnn(C2CCc3cc(Cl)ccc32)c1. The zero-order valence-corrected chi connectivity index (χ0v) is 9.48. The Hall–Kier alpha value is -1.48. The summed E-state index contributed by atoms with van der Waals surface area (Å²) in [6.07, 6.45) is 5.69. The van der Waals surface area contributed by atoms with Crippen LogP contribution in [0.3, 0.4) is 0 Å². The first-order valence-corrected chi connectivity index (χ1v) is 5.70. The molecule has 16 heavy (non-hydrogen) atoms. The van der Waals surface area contributed by atoms with Crippen LogP contribution in [0.1, 0.15) is 23.6 Å². The van der Waals surface area contributed by atoms with E-state index in [9.17, 15) is 0 Å². The smallest absolute Gasteiger partial charge is 0.0775 e. The molecule has 4 heteroatoms. The fraction of sp³-hybridized carbons (Fsp3) is 0.250. The van der Waals surface area contributed by atoms with Crippen LogP contribution < -0.4 is 5.73 Å². The van der Waals surface area contributed by atoms with Gasteiger partial charge in [0.05, 0.1) is 17.9 Å². The number of aromatic nitrogens is 2. The number of aryl methyl sites for hydroxylation is 1. The number of rotatable bonds is 1. The predicted octanol–water partition coefficient (Wildman–Crippen LogP) is 2.65. The largest absolute Gasteiger partial charge is 0.396 e. The van der Waals surface area contributed by atoms with Crippen LogP contribution in [0, 0.1) is 0 Å². The molecular weight excluding hydrogens is 222 g/mol. The van der Waals surface area contributed by atoms with E-state index < -0.39 is 0 Å². The Labute approximate surface area is 98.8 Å². The summed E-state index contributed by atoms with van der Waals surface area (Å²) in [5.41, 5.74) is 9.03. The van der Waals surface area contributed by atoms with Crippen LogP contribution in [-0.2, 0) is 6.42 Å². The lowest BCUT2D eigenvalue weighted by atomic mass is 10.1. The van der Waals surface area contributed by atoms with Crippen LogP contribution in [0.4, 0.5) is 5.69 Å². The molecule has 1 aliphatic rings. The van der Waals surface area contributed by atoms with Gasteiger partial charge in [-0.05, 0) is 36.1 Å². The quantitative estimate of drug-likeness (QED) is 0.823. The summed E-state index contributed by atoms with van der Waals surface area (Å²) in [5, 5.41) is 5.08. The van der Waals surface area contributed by atoms with Gasteiger partial charge in [0.1, 0.15) is 0 Å². The van der Waals surface area contributed by atoms with Crippen molar-refractivity contribution < 1.29 is 0 Å². The minimum absolute atomic E-state index is 0.310. The number of hydrogen-bond donors (Lipinski definition) is 1. The fourth-order valence-corrected chi connectivity index (χ4v) is 2.56. The van der Waals surface area contributed by atoms with E-state index >= 15 is 0 Å². The Morgan fingerprint density at radius 2 is 2.31 bits per heavy atom. The maximum Gasteiger partial charge on any atom is 0.0775 e. The summed E-state index contributed by atoms with van der Waals surface area (Å²) in [6, 6.07) is 6.38. The molecule has 0 spiro atoms. The van der Waals surface area contributed by atoms with Crippen LogP contribution in [0.2, 0.25) is 5.02 Å². The lowest BCUT2D eigenvalue weighted by Crippen LogP contribution is -2.07. The minimum atomic E-state index is 0.310. The third-order valence-corrected chi connectivity index (χ3v) is 3.33. The molecule has 0 bridgehead atoms. The maximum atomic E-state index is 5.98. The molecule has 1 heterocycles. The molecule has 1 aromatic carbocycles. The molecule has 3 rings (SSSR count). The van der Waals surface area contributed by atoms with Gasteiger partial charge in [0, 0.05) is 11.2 Å². The molecular formula is C12H12ClN3. The molecule has 0 radical (unpaired) electrons. The van der Waals surface area contributed by atoms with E-state index in [1.165, 1.54) is 11.1 Å². The Morgan fingerprint density at radius 3 is 3.06 bits per heavy atom. The van der Waals surface area contributed by atoms with E-state index in [2.05, 4.69) is 11.2 Å². The van der Waals surface area contributed by atoms with Crippen molar-refractivity contribution in [3.63, 3.8) is 0 Å². The van der Waals surface area contributed by atoms with Gasteiger partial charge in [-0.2, -0.15) is 5.10 Å². The molecule has 2 aromatic rings. The standard InChI is InChI=1S/C12H12ClN3/c13-9-2-3-11-8(5-9)1-4-12(11)16-7-10(14)6-15-16/h2-3,5-7,12H,1,4,14H2. The first kappa shape index (κ1) is 9.73. The first-order chi connectivity index (χ1) is 7.74. The Bertz CT molecular complexity index is 533. The first-order valence-electron chi connectivity index (χ1n) is 5.32. The lowest BCUT2D eigenvalue weighted by molar-refractivity contribution is 0.520. The van der Waals surface area contributed by atoms with Gasteiger partial charge in [-0.15, -0.1) is 0 Å². The highest BCUT2D eigenvalue weighted by molar-refractivity contribution is 6.30. The Kier molecular flexibility index (Phi) is 2.14. The molecule has 0 saturated heterocycles. The normalized spacial score (nSPS) is 18.7. The van der Waals surface area contributed by atoms with E-state index in [0.717, 1.165) is 17.9 Å². The van der Waals surface area contributed by atoms with Crippen molar-refractivity contribution in [2.75, 3.05) is 5.73 Å². The van der Waals surface area contributed by atoms with Gasteiger partial charge in [0.15, 0.2) is 0 Å². The van der Waals surface area contributed by atoms with E-state index in [4.69, 9.17) is 17.3 Å². The highest BCUT2D eigenvalue weighted by atomic mass is 35.5. The van der Waals surface area contributed by atoms with Gasteiger partial charge in [-0.25, -0.2) is 0 Å². The lowest BCUT2D eigenvalue weighted by Gasteiger charge is -2.11. The van der Waals surface area contributed by atoms with Gasteiger partial charge in [-0.1, -0.05) is 17.7 Å². The van der Waals surface area contributed by atoms with Crippen molar-refractivity contribution in [3.8, 4) is 0 Å². The number of anilines is 1. The highest BCUT2D eigenvalue weighted by Gasteiger charge is 2.24. The van der Waals surface area contributed by atoms with Crippen molar-refractivity contribution in [2.24, 2.45) is 0 Å². The summed E-state index contributed by atoms with van der Waals surface area (Å²) in [4.78, 5) is 0. The Morgan fingerprint density at radius 1 is 1.44 bits per heavy atom. The summed E-state index contributed by atoms with van der Waals surface area (Å²) in [6.45, 7) is 0. The molecule has 2 N–H and O–H groups in total. The van der Waals surface area contributed by atoms with Crippen LogP contribution in [-0.4, -0.2) is 9.78 Å². The number of benzene rings is 1. The average Bonchev–Trinajstić information content (AvgIpc) is 2.83. The van der Waals surface area contributed by atoms with E-state index in [0.29, 0.717) is 11.7 Å². The topological polar surface area (TPSA) is 43.8 Å². The second kappa shape index (κ2) is 3.52. The second-order valence-electron chi connectivity index (χ2n) is 4.15. The number of fused-ring (bicyclic) bond motifs is 1. The average molecular weight is 234 g/mol. The summed E-state index contributed by atoms with van der Waals surface area (Å²) < 4.78 is 1.94. The monoisotopic (exact) mass is 233 g/mol. The molecule has 0 amide bonds. The van der Waals surface area contributed by atoms with E-state index in [1.807, 2.05) is 23.0 Å². The molecule has 1 aliphatic carbocycles. The second-order valence-corrected chi connectivity index (χ2v) is 4.59. The fourth-order valence-electron chi connectivity index (χ4n) is 2.36. The van der Waals surface area contributed by atoms with Crippen LogP contribution in [0.5, 0.6) is 0 Å². The van der Waals surface area contributed by atoms with Crippen LogP contribution in [0.25, 0.3) is 0 Å². The number of nitrogens with zero attached hydrogens (tertiary/aromatic N) is 2. The number of halogens is 1. The van der Waals surface area contributed by atoms with E-state index in [1.54, 1.807) is 6.20 Å². The third-order valence-electron chi connectivity index (χ3n) is 3.09. The molecule has 82 valence electrons. The van der Waals surface area contributed by atoms with Crippen molar-refractivity contribution in [3.05, 3.63) is 46.7 Å². The van der Waals surface area contributed by atoms with Crippen molar-refractivity contribution in [1.82, 2.24) is 9.78 Å². The van der Waals surface area contributed by atoms with Gasteiger partial charge < -0.3 is 5.73 Å².